The van der Waals surface area contributed by atoms with E-state index in [2.05, 4.69) is 33.6 Å². The Morgan fingerprint density at radius 3 is 2.55 bits per heavy atom. The first-order chi connectivity index (χ1) is 9.79. The molecule has 0 saturated carbocycles. The normalized spacial score (nSPS) is 22.4. The molecule has 0 aromatic rings. The van der Waals surface area contributed by atoms with Crippen LogP contribution in [0, 0.1) is 0 Å². The van der Waals surface area contributed by atoms with Crippen molar-refractivity contribution in [1.29, 1.82) is 0 Å². The number of hydrogen-bond acceptors (Lipinski definition) is 5. The van der Waals surface area contributed by atoms with E-state index in [1.54, 1.807) is 0 Å². The van der Waals surface area contributed by atoms with Gasteiger partial charge in [-0.1, -0.05) is 15.9 Å². The van der Waals surface area contributed by atoms with Crippen molar-refractivity contribution in [2.75, 3.05) is 49.0 Å². The van der Waals surface area contributed by atoms with Crippen molar-refractivity contribution in [2.24, 2.45) is 0 Å². The molecule has 1 aliphatic rings. The topological polar surface area (TPSA) is 95.9 Å². The Balaban J connectivity index is 0. The van der Waals surface area contributed by atoms with Gasteiger partial charge in [0, 0.05) is 66.2 Å². The maximum absolute atomic E-state index is 12.2. The summed E-state index contributed by atoms with van der Waals surface area (Å²) in [4.78, 5) is 0. The fraction of sp³-hybridized carbons (Fsp3) is 1.00. The predicted molar refractivity (Wildman–Crippen MR) is 98.3 cm³/mol. The minimum Gasteiger partial charge on any atom is -0.306 e. The van der Waals surface area contributed by atoms with E-state index in [-0.39, 0.29) is 41.1 Å². The minimum atomic E-state index is -3.75. The quantitative estimate of drug-likeness (QED) is 0.170. The molecule has 1 fully saturated rings. The van der Waals surface area contributed by atoms with Crippen molar-refractivity contribution in [2.45, 2.75) is 6.42 Å². The smallest absolute Gasteiger partial charge is 0.306 e. The summed E-state index contributed by atoms with van der Waals surface area (Å²) in [5.74, 6) is 0.338. The van der Waals surface area contributed by atoms with Gasteiger partial charge in [-0.05, 0) is 6.42 Å². The van der Waals surface area contributed by atoms with Crippen LogP contribution in [0.4, 0.5) is 0 Å². The molecule has 1 aliphatic heterocycles. The maximum atomic E-state index is 12.2. The Bertz CT molecular complexity index is 432. The number of halogens is 2. The largest absolute Gasteiger partial charge is 0.343 e. The number of nitrogens with zero attached hydrogens (tertiary/aromatic N) is 1. The van der Waals surface area contributed by atoms with E-state index in [1.807, 2.05) is 4.67 Å². The second kappa shape index (κ2) is 14.3. The van der Waals surface area contributed by atoms with Crippen molar-refractivity contribution in [3.05, 3.63) is 0 Å². The Hall–Kier alpha value is 2.14. The third kappa shape index (κ3) is 12.5. The van der Waals surface area contributed by atoms with Crippen molar-refractivity contribution in [3.8, 4) is 0 Å². The summed E-state index contributed by atoms with van der Waals surface area (Å²) in [7, 11) is -6.54. The summed E-state index contributed by atoms with van der Waals surface area (Å²) >= 11 is 12.4. The van der Waals surface area contributed by atoms with Gasteiger partial charge in [0.05, 0.1) is 12.4 Å². The molecular formula is C9H21BrClN2NaO5PS2. The fourth-order valence-corrected chi connectivity index (χ4v) is 5.28. The zero-order valence-corrected chi connectivity index (χ0v) is 19.4. The molecule has 0 aliphatic carbocycles. The van der Waals surface area contributed by atoms with Gasteiger partial charge in [0.2, 0.25) is 0 Å². The summed E-state index contributed by atoms with van der Waals surface area (Å²) in [6, 6.07) is 0. The van der Waals surface area contributed by atoms with Crippen LogP contribution in [-0.2, 0) is 19.2 Å². The van der Waals surface area contributed by atoms with Crippen molar-refractivity contribution in [3.63, 3.8) is 0 Å². The molecule has 1 saturated heterocycles. The molecule has 1 atom stereocenters. The predicted octanol–water partition coefficient (Wildman–Crippen LogP) is 1.46. The van der Waals surface area contributed by atoms with Crippen LogP contribution in [-0.4, -0.2) is 96.2 Å². The van der Waals surface area contributed by atoms with E-state index in [0.717, 1.165) is 24.8 Å². The Labute approximate surface area is 173 Å². The molecule has 0 spiro atoms. The maximum Gasteiger partial charge on any atom is 0.343 e. The minimum absolute atomic E-state index is 0. The van der Waals surface area contributed by atoms with Crippen LogP contribution in [0.25, 0.3) is 0 Å². The molecule has 0 bridgehead atoms. The SMILES string of the molecule is O=S(=O)(O)CCS.O=[P@]1(NCCCl)OCCCN1CCBr.[Na]. The Morgan fingerprint density at radius 2 is 2.14 bits per heavy atom. The van der Waals surface area contributed by atoms with Gasteiger partial charge in [0.15, 0.2) is 0 Å². The summed E-state index contributed by atoms with van der Waals surface area (Å²) in [6.45, 7) is 2.62. The zero-order chi connectivity index (χ0) is 16.4. The molecule has 22 heavy (non-hydrogen) atoms. The van der Waals surface area contributed by atoms with Gasteiger partial charge in [0.25, 0.3) is 10.1 Å². The first kappa shape index (κ1) is 26.4. The number of nitrogens with one attached hydrogen (secondary N) is 1. The van der Waals surface area contributed by atoms with Crippen molar-refractivity contribution >= 4 is 87.5 Å². The average molecular weight is 471 g/mol. The first-order valence-corrected chi connectivity index (χ1v) is 11.7. The van der Waals surface area contributed by atoms with E-state index in [0.29, 0.717) is 19.0 Å². The number of thiol groups is 1. The van der Waals surface area contributed by atoms with Gasteiger partial charge >= 0.3 is 7.67 Å². The zero-order valence-electron chi connectivity index (χ0n) is 12.4. The van der Waals surface area contributed by atoms with Crippen LogP contribution in [0.5, 0.6) is 0 Å². The molecule has 7 nitrogen and oxygen atoms in total. The molecule has 13 heteroatoms. The first-order valence-electron chi connectivity index (χ1n) is 6.22. The molecule has 2 N–H and O–H groups in total. The number of alkyl halides is 2. The Morgan fingerprint density at radius 1 is 1.50 bits per heavy atom. The number of hydrogen-bond donors (Lipinski definition) is 3. The Kier molecular flexibility index (Phi) is 17.2. The molecule has 0 unspecified atom stereocenters. The van der Waals surface area contributed by atoms with E-state index >= 15 is 0 Å². The van der Waals surface area contributed by atoms with Crippen molar-refractivity contribution < 1.29 is 22.1 Å². The molecule has 0 aromatic carbocycles. The van der Waals surface area contributed by atoms with E-state index in [4.69, 9.17) is 20.7 Å². The third-order valence-electron chi connectivity index (χ3n) is 2.30. The number of rotatable bonds is 7. The second-order valence-corrected chi connectivity index (χ2v) is 9.33. The van der Waals surface area contributed by atoms with Crippen LogP contribution < -0.4 is 5.09 Å². The molecular weight excluding hydrogens is 450 g/mol. The summed E-state index contributed by atoms with van der Waals surface area (Å²) < 4.78 is 46.8. The van der Waals surface area contributed by atoms with Crippen LogP contribution in [0.15, 0.2) is 0 Å². The van der Waals surface area contributed by atoms with Crippen LogP contribution >= 0.6 is 47.8 Å². The van der Waals surface area contributed by atoms with Crippen LogP contribution in [0.2, 0.25) is 0 Å². The van der Waals surface area contributed by atoms with Crippen LogP contribution in [0.1, 0.15) is 6.42 Å². The summed E-state index contributed by atoms with van der Waals surface area (Å²) in [5.41, 5.74) is 0. The van der Waals surface area contributed by atoms with Gasteiger partial charge in [-0.15, -0.1) is 11.6 Å². The monoisotopic (exact) mass is 469 g/mol. The van der Waals surface area contributed by atoms with Crippen LogP contribution in [0.3, 0.4) is 0 Å². The summed E-state index contributed by atoms with van der Waals surface area (Å²) in [5, 5.41) is 3.68. The second-order valence-electron chi connectivity index (χ2n) is 3.96. The molecule has 1 rings (SSSR count). The fourth-order valence-electron chi connectivity index (χ4n) is 1.43. The van der Waals surface area contributed by atoms with E-state index < -0.39 is 17.8 Å². The average Bonchev–Trinajstić information content (AvgIpc) is 2.39. The van der Waals surface area contributed by atoms with Crippen molar-refractivity contribution in [1.82, 2.24) is 9.76 Å². The summed E-state index contributed by atoms with van der Waals surface area (Å²) in [6.07, 6.45) is 0.930. The molecule has 129 valence electrons. The standard InChI is InChI=1S/C7H15BrClN2O2P.C2H6O3S2.Na/c8-2-6-11-5-1-7-13-14(11,12)10-4-3-9;3-7(4,5)2-1-6;/h1-7H2,(H,10,12);6H,1-2H2,(H,3,4,5);/t14-;;/m1../s1. The van der Waals surface area contributed by atoms with E-state index in [9.17, 15) is 13.0 Å². The molecule has 1 radical (unpaired) electrons. The molecule has 0 aromatic heterocycles. The van der Waals surface area contributed by atoms with Gasteiger partial charge in [-0.3, -0.25) is 9.12 Å². The van der Waals surface area contributed by atoms with Gasteiger partial charge in [-0.25, -0.2) is 9.76 Å². The van der Waals surface area contributed by atoms with E-state index in [1.165, 1.54) is 0 Å². The molecule has 1 heterocycles. The van der Waals surface area contributed by atoms with Gasteiger partial charge in [-0.2, -0.15) is 21.0 Å². The third-order valence-corrected chi connectivity index (χ3v) is 6.39. The molecule has 0 amide bonds. The van der Waals surface area contributed by atoms with Gasteiger partial charge < -0.3 is 4.52 Å². The van der Waals surface area contributed by atoms with Gasteiger partial charge in [0.1, 0.15) is 0 Å².